The van der Waals surface area contributed by atoms with Crippen molar-refractivity contribution in [3.8, 4) is 11.1 Å². The Bertz CT molecular complexity index is 1180. The zero-order chi connectivity index (χ0) is 22.0. The van der Waals surface area contributed by atoms with Gasteiger partial charge in [0.1, 0.15) is 0 Å². The molecule has 0 spiro atoms. The lowest BCUT2D eigenvalue weighted by molar-refractivity contribution is -0.674. The summed E-state index contributed by atoms with van der Waals surface area (Å²) < 4.78 is 0. The van der Waals surface area contributed by atoms with Gasteiger partial charge in [0, 0.05) is 42.0 Å². The van der Waals surface area contributed by atoms with Crippen molar-refractivity contribution in [2.75, 3.05) is 5.32 Å². The van der Waals surface area contributed by atoms with Gasteiger partial charge in [-0.3, -0.25) is 25.0 Å². The SMILES string of the molecule is Cc1c(-c2ccc([N+](=O)[O-])cc2)c(C(=O)Nc2cccc([N+](=O)[O-])c2)c(Cl)n[n+]1[O-]. The molecule has 1 N–H and O–H groups in total. The molecule has 12 heteroatoms. The van der Waals surface area contributed by atoms with E-state index in [1.165, 1.54) is 49.4 Å². The third-order valence-corrected chi connectivity index (χ3v) is 4.46. The molecule has 0 aliphatic heterocycles. The number of hydrogen-bond donors (Lipinski definition) is 1. The maximum Gasteiger partial charge on any atom is 0.271 e. The highest BCUT2D eigenvalue weighted by Gasteiger charge is 2.27. The van der Waals surface area contributed by atoms with Crippen LogP contribution in [0.1, 0.15) is 16.1 Å². The van der Waals surface area contributed by atoms with E-state index in [9.17, 15) is 30.2 Å². The quantitative estimate of drug-likeness (QED) is 0.282. The fourth-order valence-electron chi connectivity index (χ4n) is 2.79. The van der Waals surface area contributed by atoms with Crippen molar-refractivity contribution in [1.29, 1.82) is 0 Å². The van der Waals surface area contributed by atoms with Crippen molar-refractivity contribution in [1.82, 2.24) is 5.10 Å². The second-order valence-electron chi connectivity index (χ2n) is 6.06. The van der Waals surface area contributed by atoms with Crippen LogP contribution in [-0.2, 0) is 0 Å². The Kier molecular flexibility index (Phi) is 5.56. The summed E-state index contributed by atoms with van der Waals surface area (Å²) in [7, 11) is 0. The molecule has 0 radical (unpaired) electrons. The van der Waals surface area contributed by atoms with E-state index in [2.05, 4.69) is 10.4 Å². The number of amides is 1. The lowest BCUT2D eigenvalue weighted by Gasteiger charge is -2.13. The maximum atomic E-state index is 12.9. The van der Waals surface area contributed by atoms with Crippen molar-refractivity contribution < 1.29 is 19.5 Å². The number of rotatable bonds is 5. The highest BCUT2D eigenvalue weighted by Crippen LogP contribution is 2.31. The summed E-state index contributed by atoms with van der Waals surface area (Å²) in [6, 6.07) is 10.5. The van der Waals surface area contributed by atoms with Crippen molar-refractivity contribution in [3.63, 3.8) is 0 Å². The molecule has 0 aliphatic carbocycles. The molecule has 3 rings (SSSR count). The van der Waals surface area contributed by atoms with Gasteiger partial charge in [-0.2, -0.15) is 0 Å². The molecule has 1 heterocycles. The number of nitrogens with one attached hydrogen (secondary N) is 1. The Labute approximate surface area is 173 Å². The minimum absolute atomic E-state index is 0.0393. The van der Waals surface area contributed by atoms with E-state index in [-0.39, 0.29) is 38.7 Å². The van der Waals surface area contributed by atoms with Crippen LogP contribution in [0.3, 0.4) is 0 Å². The predicted molar refractivity (Wildman–Crippen MR) is 106 cm³/mol. The van der Waals surface area contributed by atoms with Gasteiger partial charge in [-0.1, -0.05) is 22.5 Å². The Morgan fingerprint density at radius 3 is 2.30 bits per heavy atom. The third kappa shape index (κ3) is 4.00. The Morgan fingerprint density at radius 1 is 1.07 bits per heavy atom. The largest absolute Gasteiger partial charge is 0.594 e. The first-order chi connectivity index (χ1) is 14.2. The van der Waals surface area contributed by atoms with E-state index >= 15 is 0 Å². The van der Waals surface area contributed by atoms with Gasteiger partial charge in [0.25, 0.3) is 17.3 Å². The number of hydrogen-bond acceptors (Lipinski definition) is 7. The Balaban J connectivity index is 2.09. The van der Waals surface area contributed by atoms with Crippen LogP contribution in [0.5, 0.6) is 0 Å². The standard InChI is InChI=1S/C18H12ClN5O6/c1-10-15(11-5-7-13(8-6-11)23(27)28)16(17(19)21-22(10)26)18(25)20-12-3-2-4-14(9-12)24(29)30/h2-9H,1H3,(H,20,25). The molecule has 30 heavy (non-hydrogen) atoms. The first-order valence-electron chi connectivity index (χ1n) is 8.29. The Morgan fingerprint density at radius 2 is 1.70 bits per heavy atom. The van der Waals surface area contributed by atoms with Crippen molar-refractivity contribution in [2.45, 2.75) is 6.92 Å². The molecule has 0 unspecified atom stereocenters. The minimum atomic E-state index is -0.759. The van der Waals surface area contributed by atoms with Gasteiger partial charge in [0.05, 0.1) is 21.0 Å². The van der Waals surface area contributed by atoms with E-state index in [4.69, 9.17) is 11.6 Å². The summed E-state index contributed by atoms with van der Waals surface area (Å²) in [5.74, 6) is -0.759. The number of anilines is 1. The van der Waals surface area contributed by atoms with Crippen LogP contribution in [0.15, 0.2) is 48.5 Å². The van der Waals surface area contributed by atoms with Gasteiger partial charge < -0.3 is 10.5 Å². The highest BCUT2D eigenvalue weighted by atomic mass is 35.5. The number of halogens is 1. The molecular formula is C18H12ClN5O6. The van der Waals surface area contributed by atoms with Crippen LogP contribution in [0.2, 0.25) is 5.15 Å². The molecular weight excluding hydrogens is 418 g/mol. The molecule has 152 valence electrons. The summed E-state index contributed by atoms with van der Waals surface area (Å²) in [5.41, 5.74) is 0.0814. The number of carbonyl (C=O) groups excluding carboxylic acids is 1. The summed E-state index contributed by atoms with van der Waals surface area (Å²) in [6.45, 7) is 1.41. The zero-order valence-electron chi connectivity index (χ0n) is 15.2. The van der Waals surface area contributed by atoms with Gasteiger partial charge in [0.15, 0.2) is 0 Å². The molecule has 0 aliphatic rings. The van der Waals surface area contributed by atoms with E-state index < -0.39 is 20.9 Å². The zero-order valence-corrected chi connectivity index (χ0v) is 16.0. The second-order valence-corrected chi connectivity index (χ2v) is 6.42. The third-order valence-electron chi connectivity index (χ3n) is 4.19. The fraction of sp³-hybridized carbons (Fsp3) is 0.0556. The van der Waals surface area contributed by atoms with Crippen LogP contribution < -0.4 is 10.2 Å². The van der Waals surface area contributed by atoms with Crippen LogP contribution in [-0.4, -0.2) is 20.9 Å². The van der Waals surface area contributed by atoms with Crippen LogP contribution >= 0.6 is 11.6 Å². The van der Waals surface area contributed by atoms with Gasteiger partial charge in [0.2, 0.25) is 10.8 Å². The van der Waals surface area contributed by atoms with Gasteiger partial charge in [-0.25, -0.2) is 0 Å². The Hall–Kier alpha value is -4.12. The maximum absolute atomic E-state index is 12.9. The number of nitro groups is 2. The van der Waals surface area contributed by atoms with Crippen LogP contribution in [0.25, 0.3) is 11.1 Å². The minimum Gasteiger partial charge on any atom is -0.594 e. The first-order valence-corrected chi connectivity index (χ1v) is 8.67. The van der Waals surface area contributed by atoms with E-state index in [1.54, 1.807) is 0 Å². The number of benzene rings is 2. The molecule has 3 aromatic rings. The summed E-state index contributed by atoms with van der Waals surface area (Å²) in [4.78, 5) is 33.8. The monoisotopic (exact) mass is 429 g/mol. The molecule has 1 amide bonds. The summed E-state index contributed by atoms with van der Waals surface area (Å²) in [5, 5.41) is 39.5. The van der Waals surface area contributed by atoms with Crippen LogP contribution in [0, 0.1) is 32.4 Å². The van der Waals surface area contributed by atoms with Gasteiger partial charge in [-0.05, 0) is 23.8 Å². The number of nitro benzene ring substituents is 2. The molecule has 0 saturated heterocycles. The molecule has 0 bridgehead atoms. The first kappa shape index (κ1) is 20.6. The number of aromatic nitrogens is 2. The van der Waals surface area contributed by atoms with E-state index in [0.29, 0.717) is 5.56 Å². The normalized spacial score (nSPS) is 10.5. The smallest absolute Gasteiger partial charge is 0.271 e. The van der Waals surface area contributed by atoms with Crippen LogP contribution in [0.4, 0.5) is 17.1 Å². The predicted octanol–water partition coefficient (Wildman–Crippen LogP) is 3.41. The average Bonchev–Trinajstić information content (AvgIpc) is 2.70. The number of carbonyl (C=O) groups is 1. The van der Waals surface area contributed by atoms with Gasteiger partial charge >= 0.3 is 0 Å². The molecule has 1 aromatic heterocycles. The van der Waals surface area contributed by atoms with Crippen molar-refractivity contribution in [2.24, 2.45) is 0 Å². The lowest BCUT2D eigenvalue weighted by atomic mass is 9.99. The van der Waals surface area contributed by atoms with Gasteiger partial charge in [-0.15, -0.1) is 0 Å². The molecule has 11 nitrogen and oxygen atoms in total. The van der Waals surface area contributed by atoms with Crippen molar-refractivity contribution in [3.05, 3.63) is 90.4 Å². The topological polar surface area (TPSA) is 155 Å². The molecule has 0 saturated carbocycles. The van der Waals surface area contributed by atoms with Crippen molar-refractivity contribution >= 4 is 34.6 Å². The summed E-state index contributed by atoms with van der Waals surface area (Å²) in [6.07, 6.45) is 0. The fourth-order valence-corrected chi connectivity index (χ4v) is 3.03. The lowest BCUT2D eigenvalue weighted by Crippen LogP contribution is -2.37. The molecule has 0 atom stereocenters. The molecule has 2 aromatic carbocycles. The van der Waals surface area contributed by atoms with E-state index in [1.807, 2.05) is 0 Å². The number of non-ortho nitro benzene ring substituents is 2. The summed E-state index contributed by atoms with van der Waals surface area (Å²) >= 11 is 6.07. The van der Waals surface area contributed by atoms with E-state index in [0.717, 1.165) is 6.07 Å². The number of nitrogens with zero attached hydrogens (tertiary/aromatic N) is 4. The second kappa shape index (κ2) is 8.09. The highest BCUT2D eigenvalue weighted by molar-refractivity contribution is 6.34. The molecule has 0 fully saturated rings. The average molecular weight is 430 g/mol.